The van der Waals surface area contributed by atoms with Gasteiger partial charge in [-0.1, -0.05) is 0 Å². The highest BCUT2D eigenvalue weighted by Crippen LogP contribution is 2.45. The van der Waals surface area contributed by atoms with Crippen LogP contribution >= 0.6 is 0 Å². The van der Waals surface area contributed by atoms with Gasteiger partial charge in [-0.3, -0.25) is 14.3 Å². The maximum atomic E-state index is 12.9. The van der Waals surface area contributed by atoms with Crippen molar-refractivity contribution in [2.45, 2.75) is 37.8 Å². The molecule has 1 aromatic heterocycles. The van der Waals surface area contributed by atoms with Gasteiger partial charge < -0.3 is 9.84 Å². The molecule has 2 N–H and O–H groups in total. The van der Waals surface area contributed by atoms with Crippen molar-refractivity contribution in [2.24, 2.45) is 0 Å². The van der Waals surface area contributed by atoms with E-state index in [0.717, 1.165) is 10.8 Å². The molecule has 0 spiro atoms. The molecule has 2 rings (SSSR count). The van der Waals surface area contributed by atoms with Crippen LogP contribution in [0.15, 0.2) is 15.8 Å². The van der Waals surface area contributed by atoms with Crippen LogP contribution in [0.2, 0.25) is 0 Å². The van der Waals surface area contributed by atoms with Gasteiger partial charge in [0.15, 0.2) is 5.60 Å². The Kier molecular flexibility index (Phi) is 3.51. The van der Waals surface area contributed by atoms with Crippen molar-refractivity contribution in [2.75, 3.05) is 6.61 Å². The highest BCUT2D eigenvalue weighted by Gasteiger charge is 2.60. The molecule has 0 amide bonds. The second-order valence-corrected chi connectivity index (χ2v) is 4.74. The van der Waals surface area contributed by atoms with Gasteiger partial charge in [0.05, 0.1) is 6.61 Å². The Morgan fingerprint density at radius 1 is 1.55 bits per heavy atom. The number of alkyl halides is 3. The Morgan fingerprint density at radius 2 is 2.20 bits per heavy atom. The third kappa shape index (κ3) is 2.27. The molecule has 0 bridgehead atoms. The lowest BCUT2D eigenvalue weighted by Gasteiger charge is -2.29. The molecule has 6 nitrogen and oxygen atoms in total. The van der Waals surface area contributed by atoms with Crippen LogP contribution in [0.1, 0.15) is 24.6 Å². The van der Waals surface area contributed by atoms with Crippen LogP contribution in [-0.2, 0) is 4.74 Å². The number of nitrogens with zero attached hydrogens (tertiary/aromatic N) is 1. The summed E-state index contributed by atoms with van der Waals surface area (Å²) in [6.07, 6.45) is -5.31. The Bertz CT molecular complexity index is 621. The Hall–Kier alpha value is -1.61. The summed E-state index contributed by atoms with van der Waals surface area (Å²) in [6, 6.07) is 0. The predicted molar refractivity (Wildman–Crippen MR) is 61.3 cm³/mol. The Balaban J connectivity index is 2.37. The van der Waals surface area contributed by atoms with Gasteiger partial charge in [-0.25, -0.2) is 4.79 Å². The number of halogens is 3. The molecule has 9 heteroatoms. The van der Waals surface area contributed by atoms with E-state index in [-0.39, 0.29) is 12.0 Å². The van der Waals surface area contributed by atoms with Gasteiger partial charge in [-0.2, -0.15) is 13.2 Å². The van der Waals surface area contributed by atoms with Crippen molar-refractivity contribution in [3.8, 4) is 0 Å². The van der Waals surface area contributed by atoms with Gasteiger partial charge in [0.2, 0.25) is 0 Å². The number of aromatic nitrogens is 2. The summed E-state index contributed by atoms with van der Waals surface area (Å²) in [5.74, 6) is 0. The highest BCUT2D eigenvalue weighted by atomic mass is 19.4. The summed E-state index contributed by atoms with van der Waals surface area (Å²) in [7, 11) is 0. The largest absolute Gasteiger partial charge is 0.419 e. The third-order valence-corrected chi connectivity index (χ3v) is 3.38. The van der Waals surface area contributed by atoms with Crippen LogP contribution in [0.3, 0.4) is 0 Å². The number of aryl methyl sites for hydroxylation is 1. The Morgan fingerprint density at radius 3 is 2.70 bits per heavy atom. The molecule has 112 valence electrons. The van der Waals surface area contributed by atoms with Crippen molar-refractivity contribution in [3.05, 3.63) is 32.6 Å². The smallest absolute Gasteiger partial charge is 0.393 e. The van der Waals surface area contributed by atoms with Gasteiger partial charge in [0.25, 0.3) is 5.56 Å². The number of H-pyrrole nitrogens is 1. The predicted octanol–water partition coefficient (Wildman–Crippen LogP) is 0.447. The van der Waals surface area contributed by atoms with Gasteiger partial charge in [-0.05, 0) is 19.8 Å². The maximum Gasteiger partial charge on any atom is 0.419 e. The molecule has 20 heavy (non-hydrogen) atoms. The third-order valence-electron chi connectivity index (χ3n) is 3.38. The minimum Gasteiger partial charge on any atom is -0.393 e. The molecule has 1 fully saturated rings. The fourth-order valence-corrected chi connectivity index (χ4v) is 2.15. The van der Waals surface area contributed by atoms with E-state index >= 15 is 0 Å². The molecular formula is C11H13F3N2O4. The molecule has 1 aromatic rings. The fourth-order valence-electron chi connectivity index (χ4n) is 2.15. The van der Waals surface area contributed by atoms with E-state index in [1.165, 1.54) is 6.92 Å². The molecule has 0 radical (unpaired) electrons. The van der Waals surface area contributed by atoms with E-state index in [4.69, 9.17) is 9.84 Å². The molecule has 0 aliphatic carbocycles. The first-order chi connectivity index (χ1) is 9.20. The van der Waals surface area contributed by atoms with Crippen LogP contribution in [0.4, 0.5) is 13.2 Å². The van der Waals surface area contributed by atoms with Gasteiger partial charge in [-0.15, -0.1) is 0 Å². The fraction of sp³-hybridized carbons (Fsp3) is 0.636. The highest BCUT2D eigenvalue weighted by molar-refractivity contribution is 5.03. The van der Waals surface area contributed by atoms with Crippen LogP contribution in [0, 0.1) is 6.92 Å². The summed E-state index contributed by atoms with van der Waals surface area (Å²) in [5, 5.41) is 8.99. The summed E-state index contributed by atoms with van der Waals surface area (Å²) in [4.78, 5) is 24.8. The standard InChI is InChI=1S/C11H13F3N2O4/c1-6-4-16(9(19)15-8(6)18)7-2-3-10(5-17,20-7)11(12,13)14/h4,7,17H,2-3,5H2,1H3,(H,15,18,19). The maximum absolute atomic E-state index is 12.9. The lowest BCUT2D eigenvalue weighted by molar-refractivity contribution is -0.288. The first-order valence-electron chi connectivity index (χ1n) is 5.88. The number of hydrogen-bond acceptors (Lipinski definition) is 4. The number of aliphatic hydroxyl groups excluding tert-OH is 1. The summed E-state index contributed by atoms with van der Waals surface area (Å²) >= 11 is 0. The van der Waals surface area contributed by atoms with Crippen LogP contribution in [0.5, 0.6) is 0 Å². The van der Waals surface area contributed by atoms with Crippen molar-refractivity contribution in [3.63, 3.8) is 0 Å². The van der Waals surface area contributed by atoms with Crippen molar-refractivity contribution in [1.29, 1.82) is 0 Å². The van der Waals surface area contributed by atoms with Crippen LogP contribution in [-0.4, -0.2) is 33.0 Å². The normalized spacial score (nSPS) is 26.9. The van der Waals surface area contributed by atoms with E-state index in [1.807, 2.05) is 4.98 Å². The van der Waals surface area contributed by atoms with Crippen molar-refractivity contribution in [1.82, 2.24) is 9.55 Å². The number of rotatable bonds is 2. The van der Waals surface area contributed by atoms with E-state index < -0.39 is 42.3 Å². The minimum absolute atomic E-state index is 0.0918. The number of nitrogens with one attached hydrogen (secondary N) is 1. The minimum atomic E-state index is -4.74. The molecule has 1 aliphatic rings. The lowest BCUT2D eigenvalue weighted by Crippen LogP contribution is -2.48. The zero-order valence-corrected chi connectivity index (χ0v) is 10.5. The topological polar surface area (TPSA) is 84.3 Å². The van der Waals surface area contributed by atoms with E-state index in [9.17, 15) is 22.8 Å². The lowest BCUT2D eigenvalue weighted by atomic mass is 10.0. The molecular weight excluding hydrogens is 281 g/mol. The second kappa shape index (κ2) is 4.74. The Labute approximate surface area is 110 Å². The molecule has 0 aromatic carbocycles. The van der Waals surface area contributed by atoms with Gasteiger partial charge >= 0.3 is 11.9 Å². The zero-order chi connectivity index (χ0) is 15.1. The zero-order valence-electron chi connectivity index (χ0n) is 10.5. The average molecular weight is 294 g/mol. The summed E-state index contributed by atoms with van der Waals surface area (Å²) < 4.78 is 44.6. The van der Waals surface area contributed by atoms with Gasteiger partial charge in [0.1, 0.15) is 6.23 Å². The number of aliphatic hydroxyl groups is 1. The molecule has 2 unspecified atom stereocenters. The molecule has 2 atom stereocenters. The van der Waals surface area contributed by atoms with Crippen LogP contribution in [0.25, 0.3) is 0 Å². The number of ether oxygens (including phenoxy) is 1. The first-order valence-corrected chi connectivity index (χ1v) is 5.88. The van der Waals surface area contributed by atoms with E-state index in [2.05, 4.69) is 0 Å². The molecule has 0 saturated carbocycles. The quantitative estimate of drug-likeness (QED) is 0.829. The van der Waals surface area contributed by atoms with E-state index in [0.29, 0.717) is 0 Å². The average Bonchev–Trinajstić information content (AvgIpc) is 2.78. The van der Waals surface area contributed by atoms with E-state index in [1.54, 1.807) is 0 Å². The summed E-state index contributed by atoms with van der Waals surface area (Å²) in [5.41, 5.74) is -3.93. The SMILES string of the molecule is Cc1cn(C2CCC(CO)(C(F)(F)F)O2)c(=O)[nH]c1=O. The second-order valence-electron chi connectivity index (χ2n) is 4.74. The molecule has 1 aliphatic heterocycles. The van der Waals surface area contributed by atoms with Crippen LogP contribution < -0.4 is 11.2 Å². The van der Waals surface area contributed by atoms with Crippen molar-refractivity contribution >= 4 is 0 Å². The van der Waals surface area contributed by atoms with Gasteiger partial charge in [0, 0.05) is 11.8 Å². The first kappa shape index (κ1) is 14.8. The molecule has 2 heterocycles. The monoisotopic (exact) mass is 294 g/mol. The number of aromatic amines is 1. The number of hydrogen-bond donors (Lipinski definition) is 2. The van der Waals surface area contributed by atoms with Crippen molar-refractivity contribution < 1.29 is 23.0 Å². The summed E-state index contributed by atoms with van der Waals surface area (Å²) in [6.45, 7) is 0.205. The molecule has 1 saturated heterocycles.